The Morgan fingerprint density at radius 2 is 1.97 bits per heavy atom. The number of nitrogens with zero attached hydrogens (tertiary/aromatic N) is 1. The molecule has 2 heterocycles. The zero-order chi connectivity index (χ0) is 26.0. The molecule has 0 bridgehead atoms. The summed E-state index contributed by atoms with van der Waals surface area (Å²) in [6.07, 6.45) is 3.28. The molecule has 3 atom stereocenters. The highest BCUT2D eigenvalue weighted by Gasteiger charge is 2.32. The van der Waals surface area contributed by atoms with Gasteiger partial charge in [0.05, 0.1) is 32.1 Å². The van der Waals surface area contributed by atoms with Gasteiger partial charge < -0.3 is 34.5 Å². The summed E-state index contributed by atoms with van der Waals surface area (Å²) in [5, 5.41) is 7.31. The maximum absolute atomic E-state index is 6.62. The first-order chi connectivity index (χ1) is 18.1. The van der Waals surface area contributed by atoms with Gasteiger partial charge in [-0.25, -0.2) is 0 Å². The summed E-state index contributed by atoms with van der Waals surface area (Å²) in [5.41, 5.74) is 3.66. The van der Waals surface area contributed by atoms with Crippen LogP contribution in [0.2, 0.25) is 0 Å². The number of piperidine rings is 1. The fourth-order valence-corrected chi connectivity index (χ4v) is 5.35. The lowest BCUT2D eigenvalue weighted by molar-refractivity contribution is 0.00226. The zero-order valence-electron chi connectivity index (χ0n) is 23.0. The third kappa shape index (κ3) is 7.84. The molecule has 4 rings (SSSR count). The lowest BCUT2D eigenvalue weighted by atomic mass is 9.83. The summed E-state index contributed by atoms with van der Waals surface area (Å²) in [5.74, 6) is 2.18. The van der Waals surface area contributed by atoms with Gasteiger partial charge in [-0.3, -0.25) is 0 Å². The minimum absolute atomic E-state index is 0.104. The molecule has 2 N–H and O–H groups in total. The number of fused-ring (bicyclic) bond motifs is 1. The Bertz CT molecular complexity index is 952. The molecular formula is C30H45N3O4. The monoisotopic (exact) mass is 511 g/mol. The number of nitrogens with one attached hydrogen (secondary N) is 2. The third-order valence-electron chi connectivity index (χ3n) is 7.41. The standard InChI is InChI=1S/C30H45N3O4/c1-22(2)31-13-12-25-19-27(24-7-9-26(35-4)10-8-24)30(20-32-25)37-21-23-6-11-29-28(18-23)33(15-17-36-29)14-5-16-34-3/h6-11,18,22,25,27,30-32H,5,12-17,19-21H2,1-4H3/t25-,27-,30+/m1/s1. The average molecular weight is 512 g/mol. The molecule has 2 aromatic rings. The van der Waals surface area contributed by atoms with Gasteiger partial charge in [0.2, 0.25) is 0 Å². The first kappa shape index (κ1) is 27.7. The van der Waals surface area contributed by atoms with Crippen LogP contribution in [0.15, 0.2) is 42.5 Å². The van der Waals surface area contributed by atoms with Crippen molar-refractivity contribution in [1.29, 1.82) is 0 Å². The summed E-state index contributed by atoms with van der Waals surface area (Å²) in [4.78, 5) is 2.40. The topological polar surface area (TPSA) is 64.2 Å². The van der Waals surface area contributed by atoms with Gasteiger partial charge in [-0.15, -0.1) is 0 Å². The van der Waals surface area contributed by atoms with Gasteiger partial charge in [0.25, 0.3) is 0 Å². The summed E-state index contributed by atoms with van der Waals surface area (Å²) in [6, 6.07) is 16.0. The van der Waals surface area contributed by atoms with Crippen molar-refractivity contribution in [3.05, 3.63) is 53.6 Å². The van der Waals surface area contributed by atoms with Crippen molar-refractivity contribution >= 4 is 5.69 Å². The van der Waals surface area contributed by atoms with Crippen molar-refractivity contribution in [2.24, 2.45) is 0 Å². The number of anilines is 1. The SMILES string of the molecule is COCCCN1CCOc2ccc(CO[C@H]3CN[C@H](CCNC(C)C)C[C@@H]3c3ccc(OC)cc3)cc21. The van der Waals surface area contributed by atoms with E-state index in [0.29, 0.717) is 24.6 Å². The Labute approximate surface area is 222 Å². The smallest absolute Gasteiger partial charge is 0.142 e. The molecule has 2 aliphatic heterocycles. The molecule has 1 fully saturated rings. The van der Waals surface area contributed by atoms with E-state index in [0.717, 1.165) is 75.8 Å². The van der Waals surface area contributed by atoms with Crippen LogP contribution in [0.4, 0.5) is 5.69 Å². The molecular weight excluding hydrogens is 466 g/mol. The quantitative estimate of drug-likeness (QED) is 0.388. The highest BCUT2D eigenvalue weighted by molar-refractivity contribution is 5.61. The van der Waals surface area contributed by atoms with E-state index < -0.39 is 0 Å². The van der Waals surface area contributed by atoms with Crippen LogP contribution < -0.4 is 25.0 Å². The van der Waals surface area contributed by atoms with Crippen molar-refractivity contribution in [3.63, 3.8) is 0 Å². The van der Waals surface area contributed by atoms with E-state index >= 15 is 0 Å². The van der Waals surface area contributed by atoms with Crippen LogP contribution in [0.3, 0.4) is 0 Å². The van der Waals surface area contributed by atoms with Gasteiger partial charge in [-0.05, 0) is 61.2 Å². The normalized spacial score (nSPS) is 21.5. The van der Waals surface area contributed by atoms with Crippen molar-refractivity contribution in [1.82, 2.24) is 10.6 Å². The summed E-state index contributed by atoms with van der Waals surface area (Å²) in [6.45, 7) is 10.2. The first-order valence-electron chi connectivity index (χ1n) is 13.8. The number of rotatable bonds is 13. The number of methoxy groups -OCH3 is 2. The largest absolute Gasteiger partial charge is 0.497 e. The second kappa shape index (κ2) is 14.0. The molecule has 0 spiro atoms. The van der Waals surface area contributed by atoms with Gasteiger partial charge in [0.15, 0.2) is 0 Å². The Morgan fingerprint density at radius 3 is 2.73 bits per heavy atom. The fourth-order valence-electron chi connectivity index (χ4n) is 5.35. The van der Waals surface area contributed by atoms with Crippen LogP contribution in [0.5, 0.6) is 11.5 Å². The van der Waals surface area contributed by atoms with E-state index in [1.165, 1.54) is 11.1 Å². The van der Waals surface area contributed by atoms with E-state index in [4.69, 9.17) is 18.9 Å². The van der Waals surface area contributed by atoms with E-state index in [9.17, 15) is 0 Å². The molecule has 0 radical (unpaired) electrons. The molecule has 0 aliphatic carbocycles. The van der Waals surface area contributed by atoms with Gasteiger partial charge in [-0.1, -0.05) is 32.0 Å². The second-order valence-electron chi connectivity index (χ2n) is 10.5. The summed E-state index contributed by atoms with van der Waals surface area (Å²) >= 11 is 0. The molecule has 0 saturated carbocycles. The number of ether oxygens (including phenoxy) is 4. The van der Waals surface area contributed by atoms with Crippen LogP contribution in [0.25, 0.3) is 0 Å². The highest BCUT2D eigenvalue weighted by atomic mass is 16.5. The van der Waals surface area contributed by atoms with Crippen LogP contribution in [-0.2, 0) is 16.1 Å². The molecule has 1 saturated heterocycles. The maximum atomic E-state index is 6.62. The average Bonchev–Trinajstić information content (AvgIpc) is 2.92. The highest BCUT2D eigenvalue weighted by Crippen LogP contribution is 2.35. The molecule has 204 valence electrons. The molecule has 2 aromatic carbocycles. The van der Waals surface area contributed by atoms with E-state index in [1.807, 2.05) is 0 Å². The molecule has 0 amide bonds. The predicted octanol–water partition coefficient (Wildman–Crippen LogP) is 4.35. The second-order valence-corrected chi connectivity index (χ2v) is 10.5. The van der Waals surface area contributed by atoms with Gasteiger partial charge in [-0.2, -0.15) is 0 Å². The maximum Gasteiger partial charge on any atom is 0.142 e. The molecule has 7 heteroatoms. The van der Waals surface area contributed by atoms with Crippen molar-refractivity contribution in [2.45, 2.75) is 63.8 Å². The molecule has 2 aliphatic rings. The Kier molecular flexibility index (Phi) is 10.5. The molecule has 37 heavy (non-hydrogen) atoms. The van der Waals surface area contributed by atoms with Crippen molar-refractivity contribution in [2.75, 3.05) is 58.5 Å². The minimum Gasteiger partial charge on any atom is -0.497 e. The molecule has 7 nitrogen and oxygen atoms in total. The summed E-state index contributed by atoms with van der Waals surface area (Å²) < 4.78 is 23.2. The van der Waals surface area contributed by atoms with Gasteiger partial charge in [0.1, 0.15) is 18.1 Å². The van der Waals surface area contributed by atoms with E-state index in [1.54, 1.807) is 14.2 Å². The number of hydrogen-bond acceptors (Lipinski definition) is 7. The lowest BCUT2D eigenvalue weighted by Gasteiger charge is -2.38. The van der Waals surface area contributed by atoms with Crippen molar-refractivity contribution < 1.29 is 18.9 Å². The fraction of sp³-hybridized carbons (Fsp3) is 0.600. The number of hydrogen-bond donors (Lipinski definition) is 2. The zero-order valence-corrected chi connectivity index (χ0v) is 23.0. The Morgan fingerprint density at radius 1 is 1.14 bits per heavy atom. The Balaban J connectivity index is 1.42. The van der Waals surface area contributed by atoms with E-state index in [-0.39, 0.29) is 6.10 Å². The van der Waals surface area contributed by atoms with Gasteiger partial charge in [0, 0.05) is 44.8 Å². The predicted molar refractivity (Wildman–Crippen MR) is 149 cm³/mol. The van der Waals surface area contributed by atoms with Crippen molar-refractivity contribution in [3.8, 4) is 11.5 Å². The molecule has 0 aromatic heterocycles. The third-order valence-corrected chi connectivity index (χ3v) is 7.41. The van der Waals surface area contributed by atoms with Crippen LogP contribution >= 0.6 is 0 Å². The Hall–Kier alpha value is -2.32. The van der Waals surface area contributed by atoms with Crippen LogP contribution in [0.1, 0.15) is 50.2 Å². The minimum atomic E-state index is 0.104. The first-order valence-corrected chi connectivity index (χ1v) is 13.8. The number of benzene rings is 2. The van der Waals surface area contributed by atoms with Gasteiger partial charge >= 0.3 is 0 Å². The molecule has 0 unspecified atom stereocenters. The van der Waals surface area contributed by atoms with Crippen LogP contribution in [0, 0.1) is 0 Å². The van der Waals surface area contributed by atoms with E-state index in [2.05, 4.69) is 71.8 Å². The lowest BCUT2D eigenvalue weighted by Crippen LogP contribution is -2.48. The van der Waals surface area contributed by atoms with Crippen LogP contribution in [-0.4, -0.2) is 71.8 Å². The summed E-state index contributed by atoms with van der Waals surface area (Å²) in [7, 11) is 3.47.